The van der Waals surface area contributed by atoms with Gasteiger partial charge in [0.2, 0.25) is 5.82 Å². The van der Waals surface area contributed by atoms with Crippen LogP contribution in [-0.4, -0.2) is 12.6 Å². The Morgan fingerprint density at radius 3 is 1.89 bits per heavy atom. The lowest BCUT2D eigenvalue weighted by Crippen LogP contribution is -2.15. The van der Waals surface area contributed by atoms with Gasteiger partial charge in [-0.05, 0) is 6.08 Å². The molecule has 0 bridgehead atoms. The molecule has 0 atom stereocenters. The van der Waals surface area contributed by atoms with E-state index in [9.17, 15) is 26.7 Å². The minimum Gasteiger partial charge on any atom is -0.458 e. The number of carbonyl (C=O) groups excluding carboxylic acids is 1. The molecule has 0 fully saturated rings. The van der Waals surface area contributed by atoms with E-state index >= 15 is 0 Å². The van der Waals surface area contributed by atoms with Crippen molar-refractivity contribution in [2.24, 2.45) is 0 Å². The summed E-state index contributed by atoms with van der Waals surface area (Å²) in [5.74, 6) is -12.9. The van der Waals surface area contributed by atoms with Crippen molar-refractivity contribution < 1.29 is 31.5 Å². The summed E-state index contributed by atoms with van der Waals surface area (Å²) in [6.45, 7) is -0.470. The molecule has 18 heavy (non-hydrogen) atoms. The first kappa shape index (κ1) is 14.4. The number of hydrogen-bond donors (Lipinski definition) is 0. The maximum Gasteiger partial charge on any atom is 0.344 e. The Morgan fingerprint density at radius 1 is 1.00 bits per heavy atom. The highest BCUT2D eigenvalue weighted by Gasteiger charge is 2.30. The van der Waals surface area contributed by atoms with Gasteiger partial charge < -0.3 is 4.74 Å². The second kappa shape index (κ2) is 5.81. The molecule has 8 heteroatoms. The number of hydrogen-bond acceptors (Lipinski definition) is 2. The van der Waals surface area contributed by atoms with Crippen molar-refractivity contribution in [2.75, 3.05) is 6.61 Å². The molecule has 0 spiro atoms. The van der Waals surface area contributed by atoms with Gasteiger partial charge in [0.15, 0.2) is 23.3 Å². The van der Waals surface area contributed by atoms with Gasteiger partial charge in [-0.1, -0.05) is 11.6 Å². The van der Waals surface area contributed by atoms with Crippen LogP contribution >= 0.6 is 11.6 Å². The summed E-state index contributed by atoms with van der Waals surface area (Å²) in [7, 11) is 0. The van der Waals surface area contributed by atoms with Gasteiger partial charge in [0.1, 0.15) is 12.2 Å². The van der Waals surface area contributed by atoms with Gasteiger partial charge in [-0.25, -0.2) is 26.7 Å². The molecular formula is C10H4ClF5O2. The summed E-state index contributed by atoms with van der Waals surface area (Å²) in [5, 5.41) is 0. The van der Waals surface area contributed by atoms with Crippen LogP contribution in [0.3, 0.4) is 0 Å². The number of carbonyl (C=O) groups is 1. The molecule has 0 unspecified atom stereocenters. The maximum absolute atomic E-state index is 13.1. The average Bonchev–Trinajstić information content (AvgIpc) is 2.34. The van der Waals surface area contributed by atoms with E-state index in [0.717, 1.165) is 11.6 Å². The van der Waals surface area contributed by atoms with Crippen molar-refractivity contribution in [1.29, 1.82) is 0 Å². The third kappa shape index (κ3) is 2.61. The maximum atomic E-state index is 13.1. The zero-order valence-electron chi connectivity index (χ0n) is 8.45. The minimum absolute atomic E-state index is 0.470. The van der Waals surface area contributed by atoms with Gasteiger partial charge in [0.05, 0.1) is 0 Å². The average molecular weight is 287 g/mol. The van der Waals surface area contributed by atoms with Gasteiger partial charge in [-0.15, -0.1) is 0 Å². The van der Waals surface area contributed by atoms with E-state index in [4.69, 9.17) is 11.6 Å². The van der Waals surface area contributed by atoms with E-state index in [-0.39, 0.29) is 0 Å². The van der Waals surface area contributed by atoms with Crippen molar-refractivity contribution in [2.45, 2.75) is 0 Å². The van der Waals surface area contributed by atoms with Crippen LogP contribution in [-0.2, 0) is 4.74 Å². The Hall–Kier alpha value is -1.63. The number of esters is 1. The summed E-state index contributed by atoms with van der Waals surface area (Å²) in [6.07, 6.45) is 1.09. The zero-order chi connectivity index (χ0) is 13.9. The van der Waals surface area contributed by atoms with E-state index in [2.05, 4.69) is 4.74 Å². The molecule has 0 aliphatic carbocycles. The summed E-state index contributed by atoms with van der Waals surface area (Å²) >= 11 is 5.08. The standard InChI is InChI=1S/C10H4ClF5O2/c11-2-1-3-18-10(17)4-5(12)7(14)9(16)8(15)6(4)13/h1-2H,3H2/b2-1+. The molecule has 0 saturated carbocycles. The largest absolute Gasteiger partial charge is 0.458 e. The minimum atomic E-state index is -2.35. The van der Waals surface area contributed by atoms with Gasteiger partial charge in [-0.3, -0.25) is 0 Å². The highest BCUT2D eigenvalue weighted by molar-refractivity contribution is 6.25. The smallest absolute Gasteiger partial charge is 0.344 e. The van der Waals surface area contributed by atoms with Crippen LogP contribution in [0.5, 0.6) is 0 Å². The molecule has 0 saturated heterocycles. The van der Waals surface area contributed by atoms with E-state index in [1.165, 1.54) is 0 Å². The Morgan fingerprint density at radius 2 is 1.44 bits per heavy atom. The molecule has 0 heterocycles. The normalized spacial score (nSPS) is 11.0. The van der Waals surface area contributed by atoms with Crippen LogP contribution in [0.2, 0.25) is 0 Å². The molecule has 1 aromatic carbocycles. The number of ether oxygens (including phenoxy) is 1. The van der Waals surface area contributed by atoms with E-state index in [1.807, 2.05) is 0 Å². The summed E-state index contributed by atoms with van der Waals surface area (Å²) in [6, 6.07) is 0. The van der Waals surface area contributed by atoms with Crippen LogP contribution in [0.1, 0.15) is 10.4 Å². The van der Waals surface area contributed by atoms with Crippen molar-refractivity contribution >= 4 is 17.6 Å². The fourth-order valence-corrected chi connectivity index (χ4v) is 1.09. The predicted octanol–water partition coefficient (Wildman–Crippen LogP) is 3.29. The van der Waals surface area contributed by atoms with E-state index in [1.54, 1.807) is 0 Å². The Labute approximate surface area is 103 Å². The number of halogens is 6. The number of rotatable bonds is 3. The molecule has 0 aliphatic heterocycles. The fourth-order valence-electron chi connectivity index (χ4n) is 1.02. The van der Waals surface area contributed by atoms with Crippen molar-refractivity contribution in [3.05, 3.63) is 46.3 Å². The van der Waals surface area contributed by atoms with Crippen LogP contribution in [0.4, 0.5) is 22.0 Å². The third-order valence-electron chi connectivity index (χ3n) is 1.81. The van der Waals surface area contributed by atoms with Gasteiger partial charge in [-0.2, -0.15) is 0 Å². The lowest BCUT2D eigenvalue weighted by molar-refractivity contribution is 0.0535. The SMILES string of the molecule is O=C(OC/C=C/Cl)c1c(F)c(F)c(F)c(F)c1F. The third-order valence-corrected chi connectivity index (χ3v) is 1.99. The summed E-state index contributed by atoms with van der Waals surface area (Å²) in [5.41, 5.74) is -0.694. The molecule has 0 N–H and O–H groups in total. The Balaban J connectivity index is 3.20. The predicted molar refractivity (Wildman–Crippen MR) is 51.5 cm³/mol. The Kier molecular flexibility index (Phi) is 4.66. The molecule has 2 nitrogen and oxygen atoms in total. The summed E-state index contributed by atoms with van der Waals surface area (Å²) < 4.78 is 68.6. The number of benzene rings is 1. The lowest BCUT2D eigenvalue weighted by Gasteiger charge is -2.07. The first-order valence-corrected chi connectivity index (χ1v) is 4.79. The van der Waals surface area contributed by atoms with Crippen LogP contribution in [0.25, 0.3) is 0 Å². The highest BCUT2D eigenvalue weighted by Crippen LogP contribution is 2.23. The highest BCUT2D eigenvalue weighted by atomic mass is 35.5. The monoisotopic (exact) mass is 286 g/mol. The topological polar surface area (TPSA) is 26.3 Å². The van der Waals surface area contributed by atoms with Crippen LogP contribution in [0.15, 0.2) is 11.6 Å². The van der Waals surface area contributed by atoms with Crippen molar-refractivity contribution in [3.8, 4) is 0 Å². The Bertz CT molecular complexity index is 486. The first-order chi connectivity index (χ1) is 8.41. The van der Waals surface area contributed by atoms with Crippen molar-refractivity contribution in [1.82, 2.24) is 0 Å². The molecule has 0 aliphatic rings. The molecule has 1 aromatic rings. The van der Waals surface area contributed by atoms with Crippen LogP contribution in [0, 0.1) is 29.1 Å². The van der Waals surface area contributed by atoms with Gasteiger partial charge in [0.25, 0.3) is 0 Å². The quantitative estimate of drug-likeness (QED) is 0.369. The van der Waals surface area contributed by atoms with Gasteiger partial charge >= 0.3 is 5.97 Å². The molecule has 0 radical (unpaired) electrons. The molecular weight excluding hydrogens is 283 g/mol. The molecule has 1 rings (SSSR count). The molecule has 0 aromatic heterocycles. The zero-order valence-corrected chi connectivity index (χ0v) is 9.20. The first-order valence-electron chi connectivity index (χ1n) is 4.35. The fraction of sp³-hybridized carbons (Fsp3) is 0.100. The van der Waals surface area contributed by atoms with Crippen molar-refractivity contribution in [3.63, 3.8) is 0 Å². The van der Waals surface area contributed by atoms with Gasteiger partial charge in [0, 0.05) is 5.54 Å². The summed E-state index contributed by atoms with van der Waals surface area (Å²) in [4.78, 5) is 11.1. The van der Waals surface area contributed by atoms with Crippen LogP contribution < -0.4 is 0 Å². The molecule has 98 valence electrons. The van der Waals surface area contributed by atoms with E-state index in [0.29, 0.717) is 0 Å². The second-order valence-electron chi connectivity index (χ2n) is 2.91. The second-order valence-corrected chi connectivity index (χ2v) is 3.16. The lowest BCUT2D eigenvalue weighted by atomic mass is 10.1. The van der Waals surface area contributed by atoms with E-state index < -0.39 is 47.2 Å². The molecule has 0 amide bonds.